The standard InChI is InChI=1S/C13H17NO3S3/c1-18-12(14)7-2-4-8(5-3-7)20-13-11(17)10(16)9(15)6-19-13/h2-5,9-11,13-17H,6H2,1H3/t9-,10+,11-,13-/m1/s1. The first-order chi connectivity index (χ1) is 9.52. The average Bonchev–Trinajstić information content (AvgIpc) is 2.48. The Morgan fingerprint density at radius 3 is 2.45 bits per heavy atom. The van der Waals surface area contributed by atoms with Crippen LogP contribution in [0.15, 0.2) is 29.2 Å². The highest BCUT2D eigenvalue weighted by molar-refractivity contribution is 8.17. The number of hydrogen-bond acceptors (Lipinski definition) is 7. The van der Waals surface area contributed by atoms with Crippen molar-refractivity contribution in [1.82, 2.24) is 0 Å². The fraction of sp³-hybridized carbons (Fsp3) is 0.462. The maximum atomic E-state index is 9.96. The molecular weight excluding hydrogens is 314 g/mol. The van der Waals surface area contributed by atoms with Gasteiger partial charge < -0.3 is 15.3 Å². The minimum atomic E-state index is -1.09. The predicted octanol–water partition coefficient (Wildman–Crippen LogP) is 1.62. The van der Waals surface area contributed by atoms with Gasteiger partial charge >= 0.3 is 0 Å². The predicted molar refractivity (Wildman–Crippen MR) is 86.9 cm³/mol. The van der Waals surface area contributed by atoms with Crippen molar-refractivity contribution < 1.29 is 15.3 Å². The summed E-state index contributed by atoms with van der Waals surface area (Å²) in [5.41, 5.74) is 0.870. The van der Waals surface area contributed by atoms with Gasteiger partial charge in [0.05, 0.1) is 15.7 Å². The largest absolute Gasteiger partial charge is 0.389 e. The van der Waals surface area contributed by atoms with E-state index in [1.165, 1.54) is 35.3 Å². The minimum absolute atomic E-state index is 0.195. The van der Waals surface area contributed by atoms with Crippen molar-refractivity contribution in [2.45, 2.75) is 27.8 Å². The lowest BCUT2D eigenvalue weighted by atomic mass is 10.1. The van der Waals surface area contributed by atoms with Gasteiger partial charge in [-0.25, -0.2) is 0 Å². The van der Waals surface area contributed by atoms with E-state index in [0.717, 1.165) is 10.5 Å². The fourth-order valence-corrected chi connectivity index (χ4v) is 4.84. The number of hydrogen-bond donors (Lipinski definition) is 4. The minimum Gasteiger partial charge on any atom is -0.389 e. The number of rotatable bonds is 3. The van der Waals surface area contributed by atoms with Crippen LogP contribution in [0, 0.1) is 5.41 Å². The number of benzene rings is 1. The van der Waals surface area contributed by atoms with E-state index < -0.39 is 18.3 Å². The van der Waals surface area contributed by atoms with Crippen molar-refractivity contribution in [2.24, 2.45) is 0 Å². The molecule has 20 heavy (non-hydrogen) atoms. The molecule has 1 aliphatic rings. The third kappa shape index (κ3) is 3.72. The van der Waals surface area contributed by atoms with Gasteiger partial charge in [-0.15, -0.1) is 35.3 Å². The van der Waals surface area contributed by atoms with Crippen LogP contribution in [0.5, 0.6) is 0 Å². The second-order valence-electron chi connectivity index (χ2n) is 4.43. The summed E-state index contributed by atoms with van der Waals surface area (Å²) in [6, 6.07) is 7.59. The molecule has 0 unspecified atom stereocenters. The Labute approximate surface area is 130 Å². The summed E-state index contributed by atoms with van der Waals surface area (Å²) in [4.78, 5) is 0.975. The van der Waals surface area contributed by atoms with Crippen molar-refractivity contribution in [3.8, 4) is 0 Å². The average molecular weight is 331 g/mol. The van der Waals surface area contributed by atoms with E-state index in [4.69, 9.17) is 5.41 Å². The molecule has 7 heteroatoms. The molecule has 4 atom stereocenters. The molecule has 1 aliphatic heterocycles. The number of nitrogens with one attached hydrogen (secondary N) is 1. The van der Waals surface area contributed by atoms with Crippen LogP contribution in [0.3, 0.4) is 0 Å². The van der Waals surface area contributed by atoms with Gasteiger partial charge in [0, 0.05) is 16.2 Å². The molecule has 0 bridgehead atoms. The van der Waals surface area contributed by atoms with Gasteiger partial charge in [-0.1, -0.05) is 12.1 Å². The Morgan fingerprint density at radius 1 is 1.20 bits per heavy atom. The fourth-order valence-electron chi connectivity index (χ4n) is 1.82. The first-order valence-electron chi connectivity index (χ1n) is 6.08. The number of aliphatic hydroxyl groups excluding tert-OH is 3. The van der Waals surface area contributed by atoms with E-state index in [2.05, 4.69) is 0 Å². The molecule has 0 radical (unpaired) electrons. The molecule has 110 valence electrons. The van der Waals surface area contributed by atoms with Crippen molar-refractivity contribution >= 4 is 40.3 Å². The third-order valence-electron chi connectivity index (χ3n) is 3.03. The van der Waals surface area contributed by atoms with Crippen LogP contribution >= 0.6 is 35.3 Å². The summed E-state index contributed by atoms with van der Waals surface area (Å²) in [5, 5.41) is 37.4. The topological polar surface area (TPSA) is 84.5 Å². The first-order valence-corrected chi connectivity index (χ1v) is 9.23. The molecule has 0 amide bonds. The highest BCUT2D eigenvalue weighted by Gasteiger charge is 2.37. The van der Waals surface area contributed by atoms with E-state index >= 15 is 0 Å². The van der Waals surface area contributed by atoms with Gasteiger partial charge in [0.25, 0.3) is 0 Å². The zero-order valence-electron chi connectivity index (χ0n) is 10.9. The van der Waals surface area contributed by atoms with Crippen LogP contribution in [0.1, 0.15) is 5.56 Å². The molecule has 1 heterocycles. The van der Waals surface area contributed by atoms with Crippen LogP contribution in [-0.2, 0) is 0 Å². The van der Waals surface area contributed by atoms with Gasteiger partial charge in [0.1, 0.15) is 12.2 Å². The molecule has 4 N–H and O–H groups in total. The lowest BCUT2D eigenvalue weighted by Crippen LogP contribution is -2.47. The molecule has 1 aromatic rings. The van der Waals surface area contributed by atoms with E-state index in [1.54, 1.807) is 0 Å². The Hall–Kier alpha value is -0.180. The van der Waals surface area contributed by atoms with Crippen molar-refractivity contribution in [2.75, 3.05) is 12.0 Å². The molecule has 1 aromatic carbocycles. The molecule has 4 nitrogen and oxygen atoms in total. The van der Waals surface area contributed by atoms with Crippen LogP contribution in [0.4, 0.5) is 0 Å². The molecule has 0 saturated carbocycles. The monoisotopic (exact) mass is 331 g/mol. The zero-order chi connectivity index (χ0) is 14.7. The van der Waals surface area contributed by atoms with Crippen molar-refractivity contribution in [3.63, 3.8) is 0 Å². The van der Waals surface area contributed by atoms with Crippen LogP contribution in [0.2, 0.25) is 0 Å². The van der Waals surface area contributed by atoms with Crippen molar-refractivity contribution in [1.29, 1.82) is 5.41 Å². The summed E-state index contributed by atoms with van der Waals surface area (Å²) in [5.74, 6) is 0.422. The van der Waals surface area contributed by atoms with Crippen LogP contribution in [-0.4, -0.2) is 55.3 Å². The van der Waals surface area contributed by atoms with Crippen molar-refractivity contribution in [3.05, 3.63) is 29.8 Å². The maximum Gasteiger partial charge on any atom is 0.108 e. The highest BCUT2D eigenvalue weighted by Crippen LogP contribution is 2.38. The van der Waals surface area contributed by atoms with Gasteiger partial charge in [0.2, 0.25) is 0 Å². The highest BCUT2D eigenvalue weighted by atomic mass is 32.2. The number of thioether (sulfide) groups is 3. The van der Waals surface area contributed by atoms with E-state index in [-0.39, 0.29) is 4.58 Å². The van der Waals surface area contributed by atoms with Gasteiger partial charge in [-0.2, -0.15) is 0 Å². The molecule has 0 aromatic heterocycles. The first kappa shape index (κ1) is 16.2. The maximum absolute atomic E-state index is 9.96. The van der Waals surface area contributed by atoms with Crippen LogP contribution in [0.25, 0.3) is 0 Å². The van der Waals surface area contributed by atoms with Gasteiger partial charge in [-0.3, -0.25) is 5.41 Å². The quantitative estimate of drug-likeness (QED) is 0.498. The second-order valence-corrected chi connectivity index (χ2v) is 7.93. The molecule has 1 saturated heterocycles. The third-order valence-corrected chi connectivity index (χ3v) is 6.56. The molecule has 1 fully saturated rings. The summed E-state index contributed by atoms with van der Waals surface area (Å²) >= 11 is 4.31. The van der Waals surface area contributed by atoms with E-state index in [1.807, 2.05) is 30.5 Å². The van der Waals surface area contributed by atoms with Crippen LogP contribution < -0.4 is 0 Å². The lowest BCUT2D eigenvalue weighted by molar-refractivity contribution is -0.0474. The molecule has 2 rings (SSSR count). The van der Waals surface area contributed by atoms with Gasteiger partial charge in [0.15, 0.2) is 0 Å². The Morgan fingerprint density at radius 2 is 1.85 bits per heavy atom. The molecule has 0 spiro atoms. The van der Waals surface area contributed by atoms with E-state index in [9.17, 15) is 15.3 Å². The van der Waals surface area contributed by atoms with E-state index in [0.29, 0.717) is 10.8 Å². The summed E-state index contributed by atoms with van der Waals surface area (Å²) in [7, 11) is 0. The van der Waals surface area contributed by atoms with Gasteiger partial charge in [-0.05, 0) is 18.4 Å². The normalized spacial score (nSPS) is 30.2. The summed E-state index contributed by atoms with van der Waals surface area (Å²) in [6.07, 6.45) is -1.03. The smallest absolute Gasteiger partial charge is 0.108 e. The Balaban J connectivity index is 2.01. The Kier molecular flexibility index (Phi) is 5.83. The SMILES string of the molecule is CSC(=N)c1ccc(S[C@H]2SC[C@@H](O)[C@H](O)[C@H]2O)cc1. The Bertz CT molecular complexity index is 468. The zero-order valence-corrected chi connectivity index (χ0v) is 13.3. The second kappa shape index (κ2) is 7.20. The summed E-state index contributed by atoms with van der Waals surface area (Å²) in [6.45, 7) is 0. The lowest BCUT2D eigenvalue weighted by Gasteiger charge is -2.34. The molecule has 0 aliphatic carbocycles. The summed E-state index contributed by atoms with van der Waals surface area (Å²) < 4.78 is -0.195. The molecular formula is C13H17NO3S3. The number of aliphatic hydroxyl groups is 3.